The van der Waals surface area contributed by atoms with Crippen molar-refractivity contribution in [2.75, 3.05) is 13.2 Å². The molecule has 5 heteroatoms. The summed E-state index contributed by atoms with van der Waals surface area (Å²) in [6, 6.07) is 12.6. The quantitative estimate of drug-likeness (QED) is 0.942. The van der Waals surface area contributed by atoms with Crippen molar-refractivity contribution in [2.45, 2.75) is 18.9 Å². The number of carbonyl (C=O) groups excluding carboxylic acids is 1. The zero-order valence-electron chi connectivity index (χ0n) is 12.4. The van der Waals surface area contributed by atoms with Gasteiger partial charge in [-0.05, 0) is 31.5 Å². The zero-order chi connectivity index (χ0) is 15.6. The largest absolute Gasteiger partial charge is 0.439 e. The number of pyridine rings is 1. The van der Waals surface area contributed by atoms with Crippen LogP contribution < -0.4 is 4.74 Å². The van der Waals surface area contributed by atoms with Gasteiger partial charge in [0, 0.05) is 24.4 Å². The van der Waals surface area contributed by atoms with E-state index < -0.39 is 5.54 Å². The highest BCUT2D eigenvalue weighted by Crippen LogP contribution is 2.31. The highest BCUT2D eigenvalue weighted by atomic mass is 16.5. The predicted octanol–water partition coefficient (Wildman–Crippen LogP) is 2.47. The van der Waals surface area contributed by atoms with E-state index in [0.717, 1.165) is 6.42 Å². The minimum atomic E-state index is -0.458. The number of amides is 1. The summed E-state index contributed by atoms with van der Waals surface area (Å²) in [4.78, 5) is 18.4. The third kappa shape index (κ3) is 2.67. The van der Waals surface area contributed by atoms with Crippen LogP contribution in [0, 0.1) is 0 Å². The standard InChI is InChI=1S/C17H18N2O3/c1-17(12-20)8-10-19(17)16(21)13-7-9-18-15(11-13)22-14-5-3-2-4-6-14/h2-7,9,11,20H,8,10,12H2,1H3. The lowest BCUT2D eigenvalue weighted by Crippen LogP contribution is -2.62. The Morgan fingerprint density at radius 3 is 2.77 bits per heavy atom. The topological polar surface area (TPSA) is 62.7 Å². The maximum Gasteiger partial charge on any atom is 0.254 e. The van der Waals surface area contributed by atoms with E-state index in [-0.39, 0.29) is 12.5 Å². The van der Waals surface area contributed by atoms with Crippen molar-refractivity contribution in [1.82, 2.24) is 9.88 Å². The van der Waals surface area contributed by atoms with E-state index in [4.69, 9.17) is 4.74 Å². The molecule has 0 spiro atoms. The molecule has 1 aliphatic heterocycles. The van der Waals surface area contributed by atoms with Crippen molar-refractivity contribution in [1.29, 1.82) is 0 Å². The second-order valence-corrected chi connectivity index (χ2v) is 5.66. The van der Waals surface area contributed by atoms with Crippen molar-refractivity contribution in [3.63, 3.8) is 0 Å². The predicted molar refractivity (Wildman–Crippen MR) is 81.9 cm³/mol. The Labute approximate surface area is 129 Å². The zero-order valence-corrected chi connectivity index (χ0v) is 12.4. The molecule has 1 aromatic carbocycles. The first kappa shape index (κ1) is 14.5. The number of hydrogen-bond acceptors (Lipinski definition) is 4. The molecule has 0 saturated carbocycles. The number of benzene rings is 1. The number of para-hydroxylation sites is 1. The number of aliphatic hydroxyl groups excluding tert-OH is 1. The molecule has 2 heterocycles. The fraction of sp³-hybridized carbons (Fsp3) is 0.294. The summed E-state index contributed by atoms with van der Waals surface area (Å²) in [5, 5.41) is 9.43. The monoisotopic (exact) mass is 298 g/mol. The highest BCUT2D eigenvalue weighted by Gasteiger charge is 2.43. The summed E-state index contributed by atoms with van der Waals surface area (Å²) in [6.07, 6.45) is 2.37. The Morgan fingerprint density at radius 1 is 1.36 bits per heavy atom. The van der Waals surface area contributed by atoms with Gasteiger partial charge in [-0.15, -0.1) is 0 Å². The SMILES string of the molecule is CC1(CO)CCN1C(=O)c1ccnc(Oc2ccccc2)c1. The van der Waals surface area contributed by atoms with E-state index in [0.29, 0.717) is 23.7 Å². The van der Waals surface area contributed by atoms with E-state index in [9.17, 15) is 9.90 Å². The first-order valence-corrected chi connectivity index (χ1v) is 7.24. The number of aromatic nitrogens is 1. The number of nitrogens with zero attached hydrogens (tertiary/aromatic N) is 2. The van der Waals surface area contributed by atoms with Crippen molar-refractivity contribution in [2.24, 2.45) is 0 Å². The Hall–Kier alpha value is -2.40. The van der Waals surface area contributed by atoms with E-state index >= 15 is 0 Å². The molecule has 2 aromatic rings. The molecule has 1 unspecified atom stereocenters. The van der Waals surface area contributed by atoms with Crippen LogP contribution in [0.5, 0.6) is 11.6 Å². The summed E-state index contributed by atoms with van der Waals surface area (Å²) < 4.78 is 5.65. The van der Waals surface area contributed by atoms with Crippen molar-refractivity contribution in [3.05, 3.63) is 54.2 Å². The molecule has 1 amide bonds. The average Bonchev–Trinajstić information content (AvgIpc) is 2.54. The molecule has 1 aliphatic rings. The van der Waals surface area contributed by atoms with Crippen LogP contribution >= 0.6 is 0 Å². The smallest absolute Gasteiger partial charge is 0.254 e. The van der Waals surface area contributed by atoms with Gasteiger partial charge in [0.15, 0.2) is 0 Å². The number of carbonyl (C=O) groups is 1. The first-order chi connectivity index (χ1) is 10.6. The van der Waals surface area contributed by atoms with E-state index in [1.807, 2.05) is 37.3 Å². The Bertz CT molecular complexity index is 671. The molecule has 22 heavy (non-hydrogen) atoms. The number of aliphatic hydroxyl groups is 1. The van der Waals surface area contributed by atoms with Gasteiger partial charge in [0.2, 0.25) is 5.88 Å². The normalized spacial score (nSPS) is 20.4. The number of likely N-dealkylation sites (tertiary alicyclic amines) is 1. The number of hydrogen-bond donors (Lipinski definition) is 1. The van der Waals surface area contributed by atoms with Crippen molar-refractivity contribution in [3.8, 4) is 11.6 Å². The van der Waals surface area contributed by atoms with Gasteiger partial charge in [0.1, 0.15) is 5.75 Å². The number of rotatable bonds is 4. The fourth-order valence-corrected chi connectivity index (χ4v) is 2.48. The fourth-order valence-electron chi connectivity index (χ4n) is 2.48. The molecule has 114 valence electrons. The van der Waals surface area contributed by atoms with Gasteiger partial charge in [0.25, 0.3) is 5.91 Å². The summed E-state index contributed by atoms with van der Waals surface area (Å²) in [7, 11) is 0. The average molecular weight is 298 g/mol. The third-order valence-electron chi connectivity index (χ3n) is 4.06. The van der Waals surface area contributed by atoms with Gasteiger partial charge in [0.05, 0.1) is 12.1 Å². The van der Waals surface area contributed by atoms with Gasteiger partial charge in [-0.1, -0.05) is 18.2 Å². The van der Waals surface area contributed by atoms with Crippen LogP contribution in [0.1, 0.15) is 23.7 Å². The van der Waals surface area contributed by atoms with Crippen LogP contribution in [-0.2, 0) is 0 Å². The number of ether oxygens (including phenoxy) is 1. The minimum absolute atomic E-state index is 0.0306. The second kappa shape index (κ2) is 5.77. The first-order valence-electron chi connectivity index (χ1n) is 7.24. The summed E-state index contributed by atoms with van der Waals surface area (Å²) in [5.74, 6) is 0.940. The molecule has 1 saturated heterocycles. The second-order valence-electron chi connectivity index (χ2n) is 5.66. The van der Waals surface area contributed by atoms with Crippen molar-refractivity contribution >= 4 is 5.91 Å². The van der Waals surface area contributed by atoms with E-state index in [1.165, 1.54) is 0 Å². The summed E-state index contributed by atoms with van der Waals surface area (Å²) in [5.41, 5.74) is 0.0566. The molecule has 1 N–H and O–H groups in total. The van der Waals surface area contributed by atoms with Gasteiger partial charge in [-0.2, -0.15) is 0 Å². The maximum atomic E-state index is 12.5. The molecule has 0 radical (unpaired) electrons. The highest BCUT2D eigenvalue weighted by molar-refractivity contribution is 5.95. The van der Waals surface area contributed by atoms with E-state index in [1.54, 1.807) is 23.2 Å². The molecule has 1 fully saturated rings. The van der Waals surface area contributed by atoms with Crippen LogP contribution in [0.25, 0.3) is 0 Å². The summed E-state index contributed by atoms with van der Waals surface area (Å²) in [6.45, 7) is 2.52. The van der Waals surface area contributed by atoms with Crippen LogP contribution in [-0.4, -0.2) is 39.6 Å². The molecule has 1 aromatic heterocycles. The van der Waals surface area contributed by atoms with Gasteiger partial charge in [-0.25, -0.2) is 4.98 Å². The molecular formula is C17H18N2O3. The molecular weight excluding hydrogens is 280 g/mol. The van der Waals surface area contributed by atoms with Crippen LogP contribution in [0.3, 0.4) is 0 Å². The van der Waals surface area contributed by atoms with Crippen LogP contribution in [0.2, 0.25) is 0 Å². The lowest BCUT2D eigenvalue weighted by atomic mass is 9.87. The van der Waals surface area contributed by atoms with E-state index in [2.05, 4.69) is 4.98 Å². The van der Waals surface area contributed by atoms with Gasteiger partial charge < -0.3 is 14.7 Å². The molecule has 1 atom stereocenters. The minimum Gasteiger partial charge on any atom is -0.439 e. The molecule has 5 nitrogen and oxygen atoms in total. The van der Waals surface area contributed by atoms with Crippen LogP contribution in [0.4, 0.5) is 0 Å². The lowest BCUT2D eigenvalue weighted by Gasteiger charge is -2.49. The Morgan fingerprint density at radius 2 is 2.14 bits per heavy atom. The molecule has 0 bridgehead atoms. The Balaban J connectivity index is 1.78. The van der Waals surface area contributed by atoms with Gasteiger partial charge in [-0.3, -0.25) is 4.79 Å². The molecule has 0 aliphatic carbocycles. The van der Waals surface area contributed by atoms with Crippen molar-refractivity contribution < 1.29 is 14.6 Å². The van der Waals surface area contributed by atoms with Crippen LogP contribution in [0.15, 0.2) is 48.7 Å². The third-order valence-corrected chi connectivity index (χ3v) is 4.06. The maximum absolute atomic E-state index is 12.5. The lowest BCUT2D eigenvalue weighted by molar-refractivity contribution is -0.0230. The molecule has 3 rings (SSSR count). The summed E-state index contributed by atoms with van der Waals surface area (Å²) >= 11 is 0. The van der Waals surface area contributed by atoms with Gasteiger partial charge >= 0.3 is 0 Å². The Kier molecular flexibility index (Phi) is 3.81.